The van der Waals surface area contributed by atoms with E-state index >= 15 is 0 Å². The Hall–Kier alpha value is -3.44. The Morgan fingerprint density at radius 1 is 1.04 bits per heavy atom. The highest BCUT2D eigenvalue weighted by atomic mass is 28.3. The molecule has 2 fully saturated rings. The third-order valence-electron chi connectivity index (χ3n) is 13.5. The first-order valence-electron chi connectivity index (χ1n) is 20.6. The molecular weight excluding hydrogens is 651 g/mol. The normalized spacial score (nSPS) is 24.6. The number of nitrogens with zero attached hydrogens (tertiary/aromatic N) is 2. The molecule has 2 N–H and O–H groups in total. The maximum absolute atomic E-state index is 10.5. The van der Waals surface area contributed by atoms with E-state index < -0.39 is 8.07 Å². The molecule has 0 spiro atoms. The molecule has 4 unspecified atom stereocenters. The third-order valence-corrected chi connectivity index (χ3v) is 15.5. The zero-order valence-corrected chi connectivity index (χ0v) is 33.9. The Labute approximate surface area is 315 Å². The number of pyridine rings is 2. The van der Waals surface area contributed by atoms with Gasteiger partial charge in [-0.05, 0) is 79.7 Å². The number of nitrogens with one attached hydrogen (secondary N) is 1. The van der Waals surface area contributed by atoms with Gasteiger partial charge in [-0.25, -0.2) is 0 Å². The lowest BCUT2D eigenvalue weighted by atomic mass is 9.68. The molecular formula is C47H65N3OSi+2. The van der Waals surface area contributed by atoms with Crippen molar-refractivity contribution in [2.45, 2.75) is 135 Å². The van der Waals surface area contributed by atoms with Crippen LogP contribution in [0.2, 0.25) is 19.6 Å². The van der Waals surface area contributed by atoms with E-state index in [1.165, 1.54) is 97.9 Å². The Morgan fingerprint density at radius 3 is 2.48 bits per heavy atom. The van der Waals surface area contributed by atoms with Gasteiger partial charge in [0.05, 0.1) is 19.6 Å². The number of allylic oxidation sites excluding steroid dienone is 2. The van der Waals surface area contributed by atoms with Crippen molar-refractivity contribution in [2.24, 2.45) is 17.3 Å². The van der Waals surface area contributed by atoms with E-state index in [0.29, 0.717) is 12.5 Å². The third kappa shape index (κ3) is 7.49. The van der Waals surface area contributed by atoms with Crippen molar-refractivity contribution in [3.63, 3.8) is 0 Å². The summed E-state index contributed by atoms with van der Waals surface area (Å²) in [7, 11) is -1.68. The van der Waals surface area contributed by atoms with Crippen LogP contribution in [0.15, 0.2) is 91.6 Å². The molecule has 276 valence electrons. The number of aromatic nitrogens is 2. The second kappa shape index (κ2) is 15.1. The summed E-state index contributed by atoms with van der Waals surface area (Å²) in [5.74, 6) is 2.36. The van der Waals surface area contributed by atoms with Gasteiger partial charge in [-0.3, -0.25) is 0 Å². The van der Waals surface area contributed by atoms with Gasteiger partial charge >= 0.3 is 0 Å². The molecule has 7 rings (SSSR count). The zero-order chi connectivity index (χ0) is 36.6. The van der Waals surface area contributed by atoms with E-state index in [1.807, 2.05) is 0 Å². The van der Waals surface area contributed by atoms with Gasteiger partial charge in [0, 0.05) is 47.3 Å². The second-order valence-corrected chi connectivity index (χ2v) is 23.3. The number of aliphatic hydroxyl groups is 1. The molecule has 2 aliphatic carbocycles. The number of hydrogen-bond acceptors (Lipinski definition) is 2. The van der Waals surface area contributed by atoms with Crippen molar-refractivity contribution in [3.05, 3.63) is 114 Å². The lowest BCUT2D eigenvalue weighted by molar-refractivity contribution is -0.726. The highest BCUT2D eigenvalue weighted by Gasteiger charge is 2.49. The van der Waals surface area contributed by atoms with E-state index in [0.717, 1.165) is 31.2 Å². The molecule has 0 saturated heterocycles. The fraction of sp³-hybridized carbons (Fsp3) is 0.532. The average molecular weight is 716 g/mol. The number of hydrogen-bond donors (Lipinski definition) is 2. The van der Waals surface area contributed by atoms with Crippen molar-refractivity contribution in [3.8, 4) is 11.3 Å². The van der Waals surface area contributed by atoms with E-state index in [-0.39, 0.29) is 23.3 Å². The number of rotatable bonds is 9. The van der Waals surface area contributed by atoms with Gasteiger partial charge in [-0.2, -0.15) is 9.13 Å². The van der Waals surface area contributed by atoms with Crippen molar-refractivity contribution in [1.82, 2.24) is 5.32 Å². The maximum Gasteiger partial charge on any atom is 0.213 e. The first kappa shape index (κ1) is 36.9. The Bertz CT molecular complexity index is 1820. The summed E-state index contributed by atoms with van der Waals surface area (Å²) >= 11 is 0. The van der Waals surface area contributed by atoms with Crippen molar-refractivity contribution < 1.29 is 14.2 Å². The van der Waals surface area contributed by atoms with Crippen LogP contribution in [0.25, 0.3) is 11.3 Å². The minimum Gasteiger partial charge on any atom is -0.495 e. The van der Waals surface area contributed by atoms with Gasteiger partial charge in [0.1, 0.15) is 0 Å². The summed E-state index contributed by atoms with van der Waals surface area (Å²) < 4.78 is 5.17. The summed E-state index contributed by atoms with van der Waals surface area (Å²) in [4.78, 5) is 0. The first-order chi connectivity index (χ1) is 25.0. The summed E-state index contributed by atoms with van der Waals surface area (Å²) in [6, 6.07) is 16.9. The number of fused-ring (bicyclic) bond motifs is 7. The Balaban J connectivity index is 1.40. The van der Waals surface area contributed by atoms with E-state index in [4.69, 9.17) is 6.58 Å². The monoisotopic (exact) mass is 715 g/mol. The van der Waals surface area contributed by atoms with E-state index in [1.54, 1.807) is 10.8 Å². The van der Waals surface area contributed by atoms with Crippen LogP contribution in [-0.2, 0) is 19.4 Å². The molecule has 1 aromatic carbocycles. The molecule has 4 atom stereocenters. The molecule has 52 heavy (non-hydrogen) atoms. The van der Waals surface area contributed by atoms with Gasteiger partial charge in [0.2, 0.25) is 5.69 Å². The standard InChI is InChI=1S/C47H64N3OSi/c1-8-23-47(32-48-35(4)51)28-40-26-38(34(3)37-18-10-9-11-19-37)22-24-49(40)30-33(2)46-43(29-47)41-20-14-15-21-42(41)44-27-39(25-36-16-12-13-17-36)45(31-50(44)46)52(5,6)7/h8,14-15,20-24,26-27,31,34,36-37,43,46,48H,2,4,9-13,16-19,25,28-30,32H2,1,3,5-7H3/q+1/p+1. The predicted molar refractivity (Wildman–Crippen MR) is 219 cm³/mol. The van der Waals surface area contributed by atoms with E-state index in [2.05, 4.69) is 122 Å². The molecule has 4 aliphatic rings. The summed E-state index contributed by atoms with van der Waals surface area (Å²) in [5, 5.41) is 15.4. The van der Waals surface area contributed by atoms with Crippen LogP contribution in [0.5, 0.6) is 0 Å². The van der Waals surface area contributed by atoms with E-state index in [9.17, 15) is 5.11 Å². The van der Waals surface area contributed by atoms with Crippen LogP contribution in [0.4, 0.5) is 0 Å². The molecule has 0 radical (unpaired) electrons. The first-order valence-corrected chi connectivity index (χ1v) is 24.1. The topological polar surface area (TPSA) is 40.0 Å². The molecule has 0 bridgehead atoms. The lowest BCUT2D eigenvalue weighted by Crippen LogP contribution is -2.55. The van der Waals surface area contributed by atoms with Crippen LogP contribution in [0.3, 0.4) is 0 Å². The molecule has 4 heterocycles. The van der Waals surface area contributed by atoms with Gasteiger partial charge < -0.3 is 10.4 Å². The SMILES string of the molecule is C=C(O)NCC1(C=CC)Cc2cc(C(C)C3CCCCC3)cc[n+]2CC(=C)C2C(C1)c1ccccc1-c1cc(CC3CCCC3)c([Si](C)(C)C)c[n+]12. The predicted octanol–water partition coefficient (Wildman–Crippen LogP) is 9.91. The molecule has 0 amide bonds. The molecule has 3 aromatic rings. The van der Waals surface area contributed by atoms with Gasteiger partial charge in [-0.15, -0.1) is 0 Å². The second-order valence-electron chi connectivity index (χ2n) is 18.2. The Morgan fingerprint density at radius 2 is 1.77 bits per heavy atom. The average Bonchev–Trinajstić information content (AvgIpc) is 3.65. The zero-order valence-electron chi connectivity index (χ0n) is 32.9. The fourth-order valence-corrected chi connectivity index (χ4v) is 12.4. The number of benzene rings is 1. The Kier molecular flexibility index (Phi) is 10.7. The smallest absolute Gasteiger partial charge is 0.213 e. The van der Waals surface area contributed by atoms with Gasteiger partial charge in [0.25, 0.3) is 0 Å². The van der Waals surface area contributed by atoms with Crippen LogP contribution in [-0.4, -0.2) is 19.7 Å². The van der Waals surface area contributed by atoms with Crippen molar-refractivity contribution in [1.29, 1.82) is 0 Å². The minimum atomic E-state index is -1.68. The molecule has 2 aromatic heterocycles. The molecule has 5 heteroatoms. The molecule has 2 saturated carbocycles. The summed E-state index contributed by atoms with van der Waals surface area (Å²) in [6.45, 7) is 22.5. The quantitative estimate of drug-likeness (QED) is 0.100. The van der Waals surface area contributed by atoms with Crippen molar-refractivity contribution in [2.75, 3.05) is 6.54 Å². The highest BCUT2D eigenvalue weighted by molar-refractivity contribution is 6.89. The highest BCUT2D eigenvalue weighted by Crippen LogP contribution is 2.49. The van der Waals surface area contributed by atoms with Gasteiger partial charge in [0.15, 0.2) is 36.6 Å². The molecule has 4 nitrogen and oxygen atoms in total. The summed E-state index contributed by atoms with van der Waals surface area (Å²) in [5.41, 5.74) is 9.57. The molecule has 2 aliphatic heterocycles. The van der Waals surface area contributed by atoms with Crippen molar-refractivity contribution >= 4 is 13.3 Å². The van der Waals surface area contributed by atoms with Gasteiger partial charge in [-0.1, -0.05) is 108 Å². The van der Waals surface area contributed by atoms with Crippen LogP contribution in [0, 0.1) is 17.3 Å². The van der Waals surface area contributed by atoms with Crippen LogP contribution < -0.4 is 19.6 Å². The summed E-state index contributed by atoms with van der Waals surface area (Å²) in [6.07, 6.45) is 24.9. The minimum absolute atomic E-state index is 0.0376. The van der Waals surface area contributed by atoms with Crippen LogP contribution in [0.1, 0.15) is 118 Å². The fourth-order valence-electron chi connectivity index (χ4n) is 10.8. The lowest BCUT2D eigenvalue weighted by Gasteiger charge is -2.38. The largest absolute Gasteiger partial charge is 0.495 e. The van der Waals surface area contributed by atoms with Crippen LogP contribution >= 0.6 is 0 Å². The number of aliphatic hydroxyl groups excluding tert-OH is 1. The maximum atomic E-state index is 10.5.